The van der Waals surface area contributed by atoms with Crippen LogP contribution in [0, 0.1) is 5.92 Å². The molecule has 2 N–H and O–H groups in total. The lowest BCUT2D eigenvalue weighted by molar-refractivity contribution is -0.126. The van der Waals surface area contributed by atoms with Gasteiger partial charge in [-0.05, 0) is 56.5 Å². The fourth-order valence-corrected chi connectivity index (χ4v) is 3.50. The Kier molecular flexibility index (Phi) is 7.11. The van der Waals surface area contributed by atoms with Crippen LogP contribution < -0.4 is 15.4 Å². The Morgan fingerprint density at radius 2 is 1.72 bits per heavy atom. The second-order valence-electron chi connectivity index (χ2n) is 7.29. The van der Waals surface area contributed by atoms with Gasteiger partial charge < -0.3 is 20.3 Å². The van der Waals surface area contributed by atoms with Crippen molar-refractivity contribution in [1.82, 2.24) is 10.2 Å². The number of ether oxygens (including phenoxy) is 1. The Morgan fingerprint density at radius 3 is 2.34 bits per heavy atom. The van der Waals surface area contributed by atoms with Crippen LogP contribution in [0.4, 0.5) is 10.5 Å². The lowest BCUT2D eigenvalue weighted by Gasteiger charge is -2.32. The summed E-state index contributed by atoms with van der Waals surface area (Å²) in [7, 11) is 0. The number of urea groups is 1. The molecule has 1 saturated heterocycles. The summed E-state index contributed by atoms with van der Waals surface area (Å²) in [5, 5.41) is 6.00. The zero-order valence-corrected chi connectivity index (χ0v) is 17.1. The number of anilines is 1. The van der Waals surface area contributed by atoms with E-state index >= 15 is 0 Å². The summed E-state index contributed by atoms with van der Waals surface area (Å²) in [5.41, 5.74) is 1.82. The molecule has 0 saturated carbocycles. The number of amides is 3. The quantitative estimate of drug-likeness (QED) is 0.770. The highest BCUT2D eigenvalue weighted by Gasteiger charge is 2.28. The molecule has 1 fully saturated rings. The molecule has 3 rings (SSSR count). The summed E-state index contributed by atoms with van der Waals surface area (Å²) < 4.78 is 5.46. The first-order valence-corrected chi connectivity index (χ1v) is 10.2. The minimum atomic E-state index is -0.113. The lowest BCUT2D eigenvalue weighted by Crippen LogP contribution is -2.44. The standard InChI is InChI=1S/C23H29N3O3/c1-3-29-21-11-9-18(10-12-21)17(2)24-22(27)19-13-15-26(16-14-19)23(28)25-20-7-5-4-6-8-20/h4-12,17,19H,3,13-16H2,1-2H3,(H,24,27)(H,25,28). The maximum Gasteiger partial charge on any atom is 0.321 e. The van der Waals surface area contributed by atoms with Gasteiger partial charge in [-0.1, -0.05) is 30.3 Å². The minimum absolute atomic E-state index is 0.0505. The highest BCUT2D eigenvalue weighted by Crippen LogP contribution is 2.22. The second kappa shape index (κ2) is 9.96. The predicted octanol–water partition coefficient (Wildman–Crippen LogP) is 4.21. The number of nitrogens with zero attached hydrogens (tertiary/aromatic N) is 1. The van der Waals surface area contributed by atoms with E-state index in [1.54, 1.807) is 4.90 Å². The fourth-order valence-electron chi connectivity index (χ4n) is 3.50. The molecule has 1 aliphatic heterocycles. The van der Waals surface area contributed by atoms with Gasteiger partial charge in [0.1, 0.15) is 5.75 Å². The van der Waals surface area contributed by atoms with E-state index in [-0.39, 0.29) is 23.9 Å². The molecule has 0 spiro atoms. The van der Waals surface area contributed by atoms with E-state index in [9.17, 15) is 9.59 Å². The van der Waals surface area contributed by atoms with Crippen molar-refractivity contribution in [3.05, 3.63) is 60.2 Å². The number of rotatable bonds is 6. The van der Waals surface area contributed by atoms with Crippen molar-refractivity contribution in [3.63, 3.8) is 0 Å². The Hall–Kier alpha value is -3.02. The third kappa shape index (κ3) is 5.73. The predicted molar refractivity (Wildman–Crippen MR) is 114 cm³/mol. The van der Waals surface area contributed by atoms with Crippen molar-refractivity contribution < 1.29 is 14.3 Å². The molecule has 6 nitrogen and oxygen atoms in total. The van der Waals surface area contributed by atoms with Crippen LogP contribution in [0.1, 0.15) is 38.3 Å². The largest absolute Gasteiger partial charge is 0.494 e. The van der Waals surface area contributed by atoms with Crippen LogP contribution in [0.5, 0.6) is 5.75 Å². The average molecular weight is 396 g/mol. The van der Waals surface area contributed by atoms with Gasteiger partial charge in [0, 0.05) is 24.7 Å². The average Bonchev–Trinajstić information content (AvgIpc) is 2.75. The van der Waals surface area contributed by atoms with Gasteiger partial charge in [-0.15, -0.1) is 0 Å². The van der Waals surface area contributed by atoms with E-state index < -0.39 is 0 Å². The van der Waals surface area contributed by atoms with Gasteiger partial charge in [0.15, 0.2) is 0 Å². The van der Waals surface area contributed by atoms with E-state index in [0.29, 0.717) is 32.5 Å². The second-order valence-corrected chi connectivity index (χ2v) is 7.29. The summed E-state index contributed by atoms with van der Waals surface area (Å²) in [5.74, 6) is 0.811. The molecule has 6 heteroatoms. The number of nitrogens with one attached hydrogen (secondary N) is 2. The zero-order valence-electron chi connectivity index (χ0n) is 17.1. The van der Waals surface area contributed by atoms with Crippen molar-refractivity contribution in [2.45, 2.75) is 32.7 Å². The number of para-hydroxylation sites is 1. The molecule has 2 aromatic rings. The van der Waals surface area contributed by atoms with Crippen LogP contribution in [0.3, 0.4) is 0 Å². The van der Waals surface area contributed by atoms with E-state index in [4.69, 9.17) is 4.74 Å². The van der Waals surface area contributed by atoms with Crippen molar-refractivity contribution in [2.24, 2.45) is 5.92 Å². The minimum Gasteiger partial charge on any atom is -0.494 e. The van der Waals surface area contributed by atoms with Crippen LogP contribution in [-0.2, 0) is 4.79 Å². The van der Waals surface area contributed by atoms with Gasteiger partial charge in [0.2, 0.25) is 5.91 Å². The van der Waals surface area contributed by atoms with E-state index in [1.807, 2.05) is 68.4 Å². The third-order valence-corrected chi connectivity index (χ3v) is 5.23. The third-order valence-electron chi connectivity index (χ3n) is 5.23. The van der Waals surface area contributed by atoms with Crippen LogP contribution in [0.25, 0.3) is 0 Å². The molecule has 1 atom stereocenters. The molecule has 0 aliphatic carbocycles. The highest BCUT2D eigenvalue weighted by molar-refractivity contribution is 5.89. The molecule has 2 aromatic carbocycles. The van der Waals surface area contributed by atoms with Crippen molar-refractivity contribution in [3.8, 4) is 5.75 Å². The summed E-state index contributed by atoms with van der Waals surface area (Å²) >= 11 is 0. The zero-order chi connectivity index (χ0) is 20.6. The number of hydrogen-bond donors (Lipinski definition) is 2. The number of carbonyl (C=O) groups excluding carboxylic acids is 2. The molecular weight excluding hydrogens is 366 g/mol. The lowest BCUT2D eigenvalue weighted by atomic mass is 9.95. The van der Waals surface area contributed by atoms with Gasteiger partial charge in [-0.25, -0.2) is 4.79 Å². The fraction of sp³-hybridized carbons (Fsp3) is 0.391. The summed E-state index contributed by atoms with van der Waals surface area (Å²) in [6, 6.07) is 17.0. The van der Waals surface area contributed by atoms with Crippen molar-refractivity contribution >= 4 is 17.6 Å². The Labute approximate surface area is 172 Å². The molecule has 29 heavy (non-hydrogen) atoms. The first kappa shape index (κ1) is 20.7. The topological polar surface area (TPSA) is 70.7 Å². The van der Waals surface area contributed by atoms with E-state index in [2.05, 4.69) is 10.6 Å². The van der Waals surface area contributed by atoms with E-state index in [0.717, 1.165) is 17.0 Å². The van der Waals surface area contributed by atoms with Crippen LogP contribution in [0.2, 0.25) is 0 Å². The van der Waals surface area contributed by atoms with Gasteiger partial charge in [0.05, 0.1) is 12.6 Å². The van der Waals surface area contributed by atoms with Crippen LogP contribution >= 0.6 is 0 Å². The first-order chi connectivity index (χ1) is 14.1. The maximum absolute atomic E-state index is 12.7. The molecule has 1 unspecified atom stereocenters. The van der Waals surface area contributed by atoms with Crippen molar-refractivity contribution in [1.29, 1.82) is 0 Å². The van der Waals surface area contributed by atoms with Crippen LogP contribution in [-0.4, -0.2) is 36.5 Å². The number of carbonyl (C=O) groups is 2. The molecule has 0 aromatic heterocycles. The molecule has 0 radical (unpaired) electrons. The Balaban J connectivity index is 1.46. The molecule has 0 bridgehead atoms. The van der Waals surface area contributed by atoms with Crippen LogP contribution in [0.15, 0.2) is 54.6 Å². The van der Waals surface area contributed by atoms with Gasteiger partial charge >= 0.3 is 6.03 Å². The summed E-state index contributed by atoms with van der Waals surface area (Å²) in [6.07, 6.45) is 1.34. The number of likely N-dealkylation sites (tertiary alicyclic amines) is 1. The summed E-state index contributed by atoms with van der Waals surface area (Å²) in [6.45, 7) is 5.72. The smallest absolute Gasteiger partial charge is 0.321 e. The number of benzene rings is 2. The molecule has 154 valence electrons. The molecule has 3 amide bonds. The van der Waals surface area contributed by atoms with E-state index in [1.165, 1.54) is 0 Å². The monoisotopic (exact) mass is 395 g/mol. The van der Waals surface area contributed by atoms with Gasteiger partial charge in [-0.3, -0.25) is 4.79 Å². The molecule has 1 heterocycles. The SMILES string of the molecule is CCOc1ccc(C(C)NC(=O)C2CCN(C(=O)Nc3ccccc3)CC2)cc1. The normalized spacial score (nSPS) is 15.4. The number of piperidine rings is 1. The maximum atomic E-state index is 12.7. The summed E-state index contributed by atoms with van der Waals surface area (Å²) in [4.78, 5) is 26.8. The van der Waals surface area contributed by atoms with Crippen molar-refractivity contribution in [2.75, 3.05) is 25.0 Å². The first-order valence-electron chi connectivity index (χ1n) is 10.2. The number of hydrogen-bond acceptors (Lipinski definition) is 3. The molecule has 1 aliphatic rings. The highest BCUT2D eigenvalue weighted by atomic mass is 16.5. The Morgan fingerprint density at radius 1 is 1.07 bits per heavy atom. The van der Waals surface area contributed by atoms with Gasteiger partial charge in [0.25, 0.3) is 0 Å². The molecular formula is C23H29N3O3. The van der Waals surface area contributed by atoms with Gasteiger partial charge in [-0.2, -0.15) is 0 Å². The Bertz CT molecular complexity index is 800.